The topological polar surface area (TPSA) is 119 Å². The average Bonchev–Trinajstić information content (AvgIpc) is 3.15. The van der Waals surface area contributed by atoms with Crippen molar-refractivity contribution in [3.8, 4) is 29.7 Å². The predicted octanol–water partition coefficient (Wildman–Crippen LogP) is 4.58. The lowest BCUT2D eigenvalue weighted by Crippen LogP contribution is -2.08. The number of carbonyl (C=O) groups excluding carboxylic acids is 1. The van der Waals surface area contributed by atoms with E-state index in [2.05, 4.69) is 10.1 Å². The van der Waals surface area contributed by atoms with E-state index in [1.807, 2.05) is 0 Å². The Morgan fingerprint density at radius 1 is 1.10 bits per heavy atom. The number of hydrogen-bond donors (Lipinski definition) is 1. The number of alkyl halides is 3. The molecule has 2 aromatic rings. The Labute approximate surface area is 166 Å². The summed E-state index contributed by atoms with van der Waals surface area (Å²) in [5.74, 6) is -0.859. The third kappa shape index (κ3) is 4.83. The van der Waals surface area contributed by atoms with Gasteiger partial charge < -0.3 is 14.8 Å². The molecule has 0 radical (unpaired) electrons. The lowest BCUT2D eigenvalue weighted by molar-refractivity contribution is -0.137. The Morgan fingerprint density at radius 3 is 2.34 bits per heavy atom. The number of halogens is 3. The Kier molecular flexibility index (Phi) is 6.45. The van der Waals surface area contributed by atoms with Crippen molar-refractivity contribution < 1.29 is 27.4 Å². The normalized spacial score (nSPS) is 10.1. The minimum atomic E-state index is -4.70. The summed E-state index contributed by atoms with van der Waals surface area (Å²) in [5.41, 5.74) is -2.57. The highest BCUT2D eigenvalue weighted by molar-refractivity contribution is 7.12. The number of nitrogens with zero attached hydrogens (tertiary/aromatic N) is 3. The Balaban J connectivity index is 2.57. The van der Waals surface area contributed by atoms with Gasteiger partial charge in [0.1, 0.15) is 23.9 Å². The highest BCUT2D eigenvalue weighted by Gasteiger charge is 2.31. The molecule has 0 atom stereocenters. The fraction of sp³-hybridized carbons (Fsp3) is 0.111. The SMILES string of the molecule is COC(=O)c1sccc1Oc1ccc(C(F)(F)F)cc1NC(C#N)=C(C#N)C#N. The fourth-order valence-electron chi connectivity index (χ4n) is 2.05. The smallest absolute Gasteiger partial charge is 0.416 e. The third-order valence-electron chi connectivity index (χ3n) is 3.37. The minimum absolute atomic E-state index is 0.0212. The number of hydrogen-bond acceptors (Lipinski definition) is 8. The van der Waals surface area contributed by atoms with E-state index in [4.69, 9.17) is 20.5 Å². The van der Waals surface area contributed by atoms with Crippen LogP contribution in [0.3, 0.4) is 0 Å². The van der Waals surface area contributed by atoms with Crippen molar-refractivity contribution in [1.29, 1.82) is 15.8 Å². The van der Waals surface area contributed by atoms with E-state index in [0.717, 1.165) is 30.6 Å². The molecule has 0 aliphatic carbocycles. The molecule has 0 aliphatic rings. The van der Waals surface area contributed by atoms with Crippen LogP contribution in [0.5, 0.6) is 11.5 Å². The standard InChI is InChI=1S/C18H9F3N4O3S/c1-27-17(26)16-15(4-5-29-16)28-14-3-2-11(18(19,20)21)6-12(14)25-13(9-24)10(7-22)8-23/h2-6,25H,1H3. The molecule has 29 heavy (non-hydrogen) atoms. The average molecular weight is 418 g/mol. The van der Waals surface area contributed by atoms with E-state index in [1.165, 1.54) is 23.6 Å². The molecule has 2 rings (SSSR count). The number of nitriles is 3. The van der Waals surface area contributed by atoms with Gasteiger partial charge in [0.2, 0.25) is 0 Å². The number of esters is 1. The maximum atomic E-state index is 13.1. The van der Waals surface area contributed by atoms with E-state index in [0.29, 0.717) is 6.07 Å². The van der Waals surface area contributed by atoms with E-state index in [-0.39, 0.29) is 22.1 Å². The van der Waals surface area contributed by atoms with Gasteiger partial charge in [-0.2, -0.15) is 29.0 Å². The third-order valence-corrected chi connectivity index (χ3v) is 4.25. The number of thiophene rings is 1. The zero-order valence-electron chi connectivity index (χ0n) is 14.5. The van der Waals surface area contributed by atoms with Crippen LogP contribution in [0.25, 0.3) is 0 Å². The number of allylic oxidation sites excluding steroid dienone is 2. The van der Waals surface area contributed by atoms with Crippen LogP contribution >= 0.6 is 11.3 Å². The molecular formula is C18H9F3N4O3S. The van der Waals surface area contributed by atoms with Gasteiger partial charge in [-0.15, -0.1) is 11.3 Å². The van der Waals surface area contributed by atoms with Crippen LogP contribution in [0.15, 0.2) is 40.9 Å². The van der Waals surface area contributed by atoms with Crippen LogP contribution in [0, 0.1) is 34.0 Å². The van der Waals surface area contributed by atoms with E-state index in [9.17, 15) is 18.0 Å². The summed E-state index contributed by atoms with van der Waals surface area (Å²) < 4.78 is 49.4. The summed E-state index contributed by atoms with van der Waals surface area (Å²) in [5, 5.41) is 30.8. The number of carbonyl (C=O) groups is 1. The number of ether oxygens (including phenoxy) is 2. The summed E-state index contributed by atoms with van der Waals surface area (Å²) >= 11 is 0.998. The molecule has 0 spiro atoms. The van der Waals surface area contributed by atoms with Crippen molar-refractivity contribution in [2.24, 2.45) is 0 Å². The van der Waals surface area contributed by atoms with Crippen LogP contribution in [0.1, 0.15) is 15.2 Å². The van der Waals surface area contributed by atoms with Crippen molar-refractivity contribution in [3.63, 3.8) is 0 Å². The maximum Gasteiger partial charge on any atom is 0.416 e. The quantitative estimate of drug-likeness (QED) is 0.557. The first-order valence-electron chi connectivity index (χ1n) is 7.51. The van der Waals surface area contributed by atoms with E-state index >= 15 is 0 Å². The molecule has 0 aliphatic heterocycles. The molecule has 0 unspecified atom stereocenters. The number of rotatable bonds is 5. The molecule has 1 N–H and O–H groups in total. The first kappa shape index (κ1) is 21.3. The second-order valence-electron chi connectivity index (χ2n) is 5.13. The largest absolute Gasteiger partial charge is 0.465 e. The van der Waals surface area contributed by atoms with Crippen LogP contribution in [0.4, 0.5) is 18.9 Å². The molecular weight excluding hydrogens is 409 g/mol. The summed E-state index contributed by atoms with van der Waals surface area (Å²) in [7, 11) is 1.16. The summed E-state index contributed by atoms with van der Waals surface area (Å²) in [6.45, 7) is 0. The highest BCUT2D eigenvalue weighted by Crippen LogP contribution is 2.39. The van der Waals surface area contributed by atoms with Crippen molar-refractivity contribution in [2.75, 3.05) is 12.4 Å². The first-order chi connectivity index (χ1) is 13.7. The number of benzene rings is 1. The zero-order chi connectivity index (χ0) is 21.6. The van der Waals surface area contributed by atoms with Gasteiger partial charge in [-0.3, -0.25) is 0 Å². The van der Waals surface area contributed by atoms with Gasteiger partial charge in [0.25, 0.3) is 0 Å². The first-order valence-corrected chi connectivity index (χ1v) is 8.39. The van der Waals surface area contributed by atoms with Crippen molar-refractivity contribution in [1.82, 2.24) is 0 Å². The number of methoxy groups -OCH3 is 1. The van der Waals surface area contributed by atoms with Gasteiger partial charge in [0.05, 0.1) is 18.4 Å². The van der Waals surface area contributed by atoms with Gasteiger partial charge in [-0.1, -0.05) is 0 Å². The maximum absolute atomic E-state index is 13.1. The van der Waals surface area contributed by atoms with E-state index < -0.39 is 29.0 Å². The molecule has 0 fully saturated rings. The van der Waals surface area contributed by atoms with Crippen LogP contribution in [-0.2, 0) is 10.9 Å². The highest BCUT2D eigenvalue weighted by atomic mass is 32.1. The molecule has 1 aromatic heterocycles. The van der Waals surface area contributed by atoms with Crippen molar-refractivity contribution in [2.45, 2.75) is 6.18 Å². The minimum Gasteiger partial charge on any atom is -0.465 e. The van der Waals surface area contributed by atoms with Crippen LogP contribution < -0.4 is 10.1 Å². The Hall–Kier alpha value is -4.01. The second-order valence-corrected chi connectivity index (χ2v) is 6.04. The summed E-state index contributed by atoms with van der Waals surface area (Å²) in [6.07, 6.45) is -4.70. The molecule has 146 valence electrons. The van der Waals surface area contributed by atoms with Gasteiger partial charge in [0, 0.05) is 0 Å². The molecule has 1 aromatic carbocycles. The molecule has 7 nitrogen and oxygen atoms in total. The Bertz CT molecular complexity index is 1090. The Morgan fingerprint density at radius 2 is 1.79 bits per heavy atom. The van der Waals surface area contributed by atoms with E-state index in [1.54, 1.807) is 6.07 Å². The second kappa shape index (κ2) is 8.79. The lowest BCUT2D eigenvalue weighted by atomic mass is 10.1. The molecule has 1 heterocycles. The monoisotopic (exact) mass is 418 g/mol. The van der Waals surface area contributed by atoms with Gasteiger partial charge in [-0.05, 0) is 29.6 Å². The van der Waals surface area contributed by atoms with Crippen LogP contribution in [0.2, 0.25) is 0 Å². The summed E-state index contributed by atoms with van der Waals surface area (Å²) in [6, 6.07) is 8.30. The lowest BCUT2D eigenvalue weighted by Gasteiger charge is -2.15. The van der Waals surface area contributed by atoms with Gasteiger partial charge in [-0.25, -0.2) is 4.79 Å². The number of anilines is 1. The number of nitrogens with one attached hydrogen (secondary N) is 1. The molecule has 0 saturated heterocycles. The fourth-order valence-corrected chi connectivity index (χ4v) is 2.78. The van der Waals surface area contributed by atoms with Crippen molar-refractivity contribution >= 4 is 23.0 Å². The molecule has 0 amide bonds. The molecule has 0 bridgehead atoms. The van der Waals surface area contributed by atoms with Crippen molar-refractivity contribution in [3.05, 3.63) is 51.4 Å². The van der Waals surface area contributed by atoms with Gasteiger partial charge in [0.15, 0.2) is 21.9 Å². The zero-order valence-corrected chi connectivity index (χ0v) is 15.3. The summed E-state index contributed by atoms with van der Waals surface area (Å²) in [4.78, 5) is 11.8. The van der Waals surface area contributed by atoms with Crippen LogP contribution in [-0.4, -0.2) is 13.1 Å². The van der Waals surface area contributed by atoms with Gasteiger partial charge >= 0.3 is 12.1 Å². The molecule has 0 saturated carbocycles. The molecule has 11 heteroatoms. The predicted molar refractivity (Wildman–Crippen MR) is 94.7 cm³/mol.